The van der Waals surface area contributed by atoms with Crippen LogP contribution < -0.4 is 11.2 Å². The predicted octanol–water partition coefficient (Wildman–Crippen LogP) is -0.184. The van der Waals surface area contributed by atoms with Gasteiger partial charge in [-0.2, -0.15) is 5.10 Å². The van der Waals surface area contributed by atoms with Crippen molar-refractivity contribution in [2.45, 2.75) is 25.7 Å². The molecule has 0 bridgehead atoms. The van der Waals surface area contributed by atoms with Gasteiger partial charge in [-0.1, -0.05) is 0 Å². The van der Waals surface area contributed by atoms with Gasteiger partial charge in [-0.05, 0) is 25.7 Å². The molecule has 1 rings (SSSR count). The SMILES string of the molecule is NC(=NN=C1CCCC1)NN(O)O. The van der Waals surface area contributed by atoms with Crippen molar-refractivity contribution >= 4 is 11.7 Å². The molecule has 0 aromatic carbocycles. The summed E-state index contributed by atoms with van der Waals surface area (Å²) in [6.45, 7) is 0. The maximum absolute atomic E-state index is 8.28. The van der Waals surface area contributed by atoms with Crippen LogP contribution in [-0.4, -0.2) is 27.4 Å². The van der Waals surface area contributed by atoms with Gasteiger partial charge in [0.2, 0.25) is 5.96 Å². The molecule has 0 amide bonds. The van der Waals surface area contributed by atoms with Gasteiger partial charge in [0.25, 0.3) is 0 Å². The molecular formula is C6H13N5O2. The van der Waals surface area contributed by atoms with Crippen molar-refractivity contribution in [3.05, 3.63) is 0 Å². The molecule has 1 saturated carbocycles. The van der Waals surface area contributed by atoms with Crippen LogP contribution in [0.25, 0.3) is 0 Å². The molecule has 0 atom stereocenters. The number of nitrogens with zero attached hydrogens (tertiary/aromatic N) is 3. The second-order valence-electron chi connectivity index (χ2n) is 2.76. The van der Waals surface area contributed by atoms with Crippen LogP contribution in [-0.2, 0) is 0 Å². The minimum atomic E-state index is -0.270. The third-order valence-corrected chi connectivity index (χ3v) is 1.69. The summed E-state index contributed by atoms with van der Waals surface area (Å²) in [5.74, 6) is -0.163. The predicted molar refractivity (Wildman–Crippen MR) is 46.1 cm³/mol. The van der Waals surface area contributed by atoms with Crippen LogP contribution in [0.15, 0.2) is 10.2 Å². The Morgan fingerprint density at radius 2 is 2.00 bits per heavy atom. The highest BCUT2D eigenvalue weighted by Crippen LogP contribution is 2.14. The van der Waals surface area contributed by atoms with E-state index in [4.69, 9.17) is 16.1 Å². The molecule has 1 aliphatic carbocycles. The molecule has 5 N–H and O–H groups in total. The van der Waals surface area contributed by atoms with Crippen LogP contribution in [0, 0.1) is 0 Å². The molecular weight excluding hydrogens is 174 g/mol. The highest BCUT2D eigenvalue weighted by molar-refractivity contribution is 5.87. The molecule has 0 aromatic heterocycles. The maximum atomic E-state index is 8.28. The van der Waals surface area contributed by atoms with E-state index in [0.717, 1.165) is 31.4 Å². The molecule has 0 aliphatic heterocycles. The Morgan fingerprint density at radius 3 is 2.54 bits per heavy atom. The van der Waals surface area contributed by atoms with Gasteiger partial charge >= 0.3 is 0 Å². The van der Waals surface area contributed by atoms with Crippen LogP contribution in [0.2, 0.25) is 0 Å². The van der Waals surface area contributed by atoms with Gasteiger partial charge < -0.3 is 5.73 Å². The van der Waals surface area contributed by atoms with E-state index in [1.54, 1.807) is 0 Å². The Labute approximate surface area is 75.4 Å². The summed E-state index contributed by atoms with van der Waals surface area (Å²) in [7, 11) is 0. The van der Waals surface area contributed by atoms with Crippen LogP contribution in [0.5, 0.6) is 0 Å². The molecule has 0 spiro atoms. The Kier molecular flexibility index (Phi) is 3.62. The lowest BCUT2D eigenvalue weighted by Crippen LogP contribution is -2.41. The van der Waals surface area contributed by atoms with Crippen LogP contribution in [0.1, 0.15) is 25.7 Å². The summed E-state index contributed by atoms with van der Waals surface area (Å²) in [5, 5.41) is 23.7. The summed E-state index contributed by atoms with van der Waals surface area (Å²) in [6, 6.07) is 0. The molecule has 13 heavy (non-hydrogen) atoms. The molecule has 7 nitrogen and oxygen atoms in total. The zero-order valence-electron chi connectivity index (χ0n) is 7.14. The smallest absolute Gasteiger partial charge is 0.232 e. The summed E-state index contributed by atoms with van der Waals surface area (Å²) >= 11 is 0. The zero-order chi connectivity index (χ0) is 9.68. The summed E-state index contributed by atoms with van der Waals surface area (Å²) in [6.07, 6.45) is 4.15. The quantitative estimate of drug-likeness (QED) is 0.272. The van der Waals surface area contributed by atoms with Gasteiger partial charge in [-0.3, -0.25) is 10.4 Å². The summed E-state index contributed by atoms with van der Waals surface area (Å²) < 4.78 is 0. The molecule has 1 aliphatic rings. The van der Waals surface area contributed by atoms with Crippen molar-refractivity contribution in [2.24, 2.45) is 15.9 Å². The Balaban J connectivity index is 2.40. The molecule has 0 unspecified atom stereocenters. The minimum Gasteiger partial charge on any atom is -0.367 e. The van der Waals surface area contributed by atoms with E-state index in [0.29, 0.717) is 0 Å². The average Bonchev–Trinajstić information content (AvgIpc) is 2.51. The molecule has 0 aromatic rings. The first-order chi connectivity index (χ1) is 6.18. The lowest BCUT2D eigenvalue weighted by atomic mass is 10.3. The van der Waals surface area contributed by atoms with E-state index >= 15 is 0 Å². The number of hydrogen-bond donors (Lipinski definition) is 4. The van der Waals surface area contributed by atoms with Gasteiger partial charge in [0, 0.05) is 11.0 Å². The third-order valence-electron chi connectivity index (χ3n) is 1.69. The molecule has 0 radical (unpaired) electrons. The first-order valence-electron chi connectivity index (χ1n) is 4.02. The van der Waals surface area contributed by atoms with Gasteiger partial charge in [-0.15, -0.1) is 5.10 Å². The maximum Gasteiger partial charge on any atom is 0.232 e. The van der Waals surface area contributed by atoms with Crippen LogP contribution >= 0.6 is 0 Å². The number of nitrogens with one attached hydrogen (secondary N) is 1. The Hall–Kier alpha value is -1.18. The molecule has 7 heteroatoms. The zero-order valence-corrected chi connectivity index (χ0v) is 7.14. The number of rotatable bonds is 2. The van der Waals surface area contributed by atoms with Gasteiger partial charge in [0.05, 0.1) is 0 Å². The highest BCUT2D eigenvalue weighted by Gasteiger charge is 2.07. The number of hydrogen-bond acceptors (Lipinski definition) is 5. The second-order valence-corrected chi connectivity index (χ2v) is 2.76. The van der Waals surface area contributed by atoms with Gasteiger partial charge in [-0.25, -0.2) is 5.43 Å². The van der Waals surface area contributed by atoms with E-state index in [1.807, 2.05) is 5.43 Å². The summed E-state index contributed by atoms with van der Waals surface area (Å²) in [5.41, 5.74) is 8.15. The number of nitrogens with two attached hydrogens (primary N) is 1. The van der Waals surface area contributed by atoms with Crippen molar-refractivity contribution in [1.82, 2.24) is 10.8 Å². The van der Waals surface area contributed by atoms with Crippen molar-refractivity contribution in [3.63, 3.8) is 0 Å². The molecule has 74 valence electrons. The number of guanidine groups is 1. The van der Waals surface area contributed by atoms with E-state index in [9.17, 15) is 0 Å². The van der Waals surface area contributed by atoms with E-state index in [1.165, 1.54) is 0 Å². The monoisotopic (exact) mass is 187 g/mol. The highest BCUT2D eigenvalue weighted by atomic mass is 16.8. The fourth-order valence-electron chi connectivity index (χ4n) is 1.13. The largest absolute Gasteiger partial charge is 0.367 e. The van der Waals surface area contributed by atoms with E-state index in [-0.39, 0.29) is 11.3 Å². The summed E-state index contributed by atoms with van der Waals surface area (Å²) in [4.78, 5) is 0. The fourth-order valence-corrected chi connectivity index (χ4v) is 1.13. The average molecular weight is 187 g/mol. The standard InChI is InChI=1S/C6H13N5O2/c7-6(10-11(12)13)9-8-5-3-1-2-4-5/h12-13H,1-4H2,(H3,7,9,10). The van der Waals surface area contributed by atoms with E-state index in [2.05, 4.69) is 10.2 Å². The number of hydrazine groups is 1. The van der Waals surface area contributed by atoms with Crippen molar-refractivity contribution in [3.8, 4) is 0 Å². The van der Waals surface area contributed by atoms with Crippen molar-refractivity contribution < 1.29 is 10.4 Å². The van der Waals surface area contributed by atoms with E-state index < -0.39 is 0 Å². The topological polar surface area (TPSA) is 106 Å². The molecule has 1 fully saturated rings. The first-order valence-corrected chi connectivity index (χ1v) is 4.02. The first kappa shape index (κ1) is 9.90. The normalized spacial score (nSPS) is 18.1. The lowest BCUT2D eigenvalue weighted by molar-refractivity contribution is -0.329. The third kappa shape index (κ3) is 3.83. The molecule has 0 saturated heterocycles. The van der Waals surface area contributed by atoms with Crippen LogP contribution in [0.4, 0.5) is 0 Å². The van der Waals surface area contributed by atoms with Crippen molar-refractivity contribution in [2.75, 3.05) is 0 Å². The van der Waals surface area contributed by atoms with Gasteiger partial charge in [0.1, 0.15) is 0 Å². The van der Waals surface area contributed by atoms with Gasteiger partial charge in [0.15, 0.2) is 0 Å². The molecule has 0 heterocycles. The Bertz CT molecular complexity index is 217. The van der Waals surface area contributed by atoms with Crippen LogP contribution in [0.3, 0.4) is 0 Å². The second kappa shape index (κ2) is 4.75. The fraction of sp³-hybridized carbons (Fsp3) is 0.667. The lowest BCUT2D eigenvalue weighted by Gasteiger charge is -2.05. The van der Waals surface area contributed by atoms with Crippen molar-refractivity contribution in [1.29, 1.82) is 0 Å². The minimum absolute atomic E-state index is 0.163. The Morgan fingerprint density at radius 1 is 1.38 bits per heavy atom.